The van der Waals surface area contributed by atoms with Gasteiger partial charge in [0, 0.05) is 37.6 Å². The maximum absolute atomic E-state index is 9.00. The molecule has 2 aromatic carbocycles. The number of carbonyl (C=O) groups is 2. The first-order valence-corrected chi connectivity index (χ1v) is 17.6. The van der Waals surface area contributed by atoms with Crippen molar-refractivity contribution in [2.24, 2.45) is 9.98 Å². The summed E-state index contributed by atoms with van der Waals surface area (Å²) in [4.78, 5) is 37.2. The van der Waals surface area contributed by atoms with E-state index in [2.05, 4.69) is 102 Å². The summed E-state index contributed by atoms with van der Waals surface area (Å²) in [5.74, 6) is 0.452. The summed E-state index contributed by atoms with van der Waals surface area (Å²) < 4.78 is 0. The van der Waals surface area contributed by atoms with Crippen LogP contribution in [0.25, 0.3) is 10.6 Å². The van der Waals surface area contributed by atoms with E-state index in [1.807, 2.05) is 36.4 Å². The number of aliphatic carboxylic acids is 2. The van der Waals surface area contributed by atoms with E-state index in [1.165, 1.54) is 22.3 Å². The van der Waals surface area contributed by atoms with Crippen LogP contribution in [0, 0.1) is 0 Å². The molecular formula is C42H54Cu2N6O4. The molecule has 54 heavy (non-hydrogen) atoms. The molecule has 0 fully saturated rings. The summed E-state index contributed by atoms with van der Waals surface area (Å²) in [6, 6.07) is 24.7. The standard InChI is InChI=1S/C38H46N6.2C2H4O2.2Cu/c1-25(2)31-17-13-18-32(26(3)4)35(31)43-37(41-23-29-15-9-11-21-39-29)38(42-24-30-16-10-12-22-40-30)44-36-33(27(5)6)19-14-20-34(36)28(7)8;2*1-2(3)4;;/h9-22,25-28H,23-24H2,1-8H3;2*1H3,(H,3,4);;/q-2;;;2*+1. The van der Waals surface area contributed by atoms with Crippen molar-refractivity contribution in [3.63, 3.8) is 0 Å². The Hall–Kier alpha value is -4.34. The number of carboxylic acid groups (broad SMARTS) is 2. The largest absolute Gasteiger partial charge is 1.00 e. The number of aliphatic imine (C=N–C) groups is 2. The summed E-state index contributed by atoms with van der Waals surface area (Å²) in [5, 5.41) is 25.5. The van der Waals surface area contributed by atoms with Gasteiger partial charge in [0.15, 0.2) is 0 Å². The van der Waals surface area contributed by atoms with Gasteiger partial charge in [-0.15, -0.1) is 0 Å². The predicted octanol–water partition coefficient (Wildman–Crippen LogP) is 11.1. The molecule has 0 saturated carbocycles. The van der Waals surface area contributed by atoms with Gasteiger partial charge < -0.3 is 30.8 Å². The Kier molecular flexibility index (Phi) is 23.6. The SMILES string of the molecule is CC(=O)O.CC(=O)O.CC(C)c1cccc(C(C)C)c1[N-]C(=NCc1ccccn1)C(=NCc1ccccn1)[N-]c1c(C(C)C)cccc1C(C)C.[Cu+].[Cu+]. The fourth-order valence-electron chi connectivity index (χ4n) is 5.10. The van der Waals surface area contributed by atoms with Crippen molar-refractivity contribution in [1.82, 2.24) is 9.97 Å². The average Bonchev–Trinajstić information content (AvgIpc) is 3.08. The molecule has 0 aliphatic carbocycles. The van der Waals surface area contributed by atoms with Crippen molar-refractivity contribution in [1.29, 1.82) is 0 Å². The summed E-state index contributed by atoms with van der Waals surface area (Å²) in [6.45, 7) is 20.5. The van der Waals surface area contributed by atoms with Gasteiger partial charge in [-0.2, -0.15) is 0 Å². The molecule has 2 heterocycles. The van der Waals surface area contributed by atoms with Crippen molar-refractivity contribution < 1.29 is 53.9 Å². The van der Waals surface area contributed by atoms with E-state index in [4.69, 9.17) is 40.4 Å². The topological polar surface area (TPSA) is 153 Å². The summed E-state index contributed by atoms with van der Waals surface area (Å²) in [7, 11) is 0. The molecule has 4 aromatic rings. The van der Waals surface area contributed by atoms with Crippen molar-refractivity contribution >= 4 is 35.0 Å². The van der Waals surface area contributed by atoms with Crippen LogP contribution in [-0.2, 0) is 56.8 Å². The van der Waals surface area contributed by atoms with E-state index in [-0.39, 0.29) is 57.8 Å². The first-order chi connectivity index (χ1) is 24.6. The minimum Gasteiger partial charge on any atom is -0.481 e. The molecule has 0 spiro atoms. The molecule has 0 aliphatic rings. The summed E-state index contributed by atoms with van der Waals surface area (Å²) in [6.07, 6.45) is 3.59. The van der Waals surface area contributed by atoms with Gasteiger partial charge in [-0.1, -0.05) is 116 Å². The Labute approximate surface area is 342 Å². The third-order valence-corrected chi connectivity index (χ3v) is 7.55. The number of pyridine rings is 2. The second-order valence-corrected chi connectivity index (χ2v) is 13.4. The fourth-order valence-corrected chi connectivity index (χ4v) is 5.10. The van der Waals surface area contributed by atoms with Gasteiger partial charge in [0.2, 0.25) is 0 Å². The molecular weight excluding hydrogens is 780 g/mol. The first kappa shape index (κ1) is 49.7. The molecule has 0 amide bonds. The predicted molar refractivity (Wildman–Crippen MR) is 213 cm³/mol. The monoisotopic (exact) mass is 832 g/mol. The van der Waals surface area contributed by atoms with Crippen LogP contribution in [0.15, 0.2) is 95.2 Å². The second-order valence-electron chi connectivity index (χ2n) is 13.4. The molecule has 0 aliphatic heterocycles. The zero-order valence-electron chi connectivity index (χ0n) is 32.8. The molecule has 0 unspecified atom stereocenters. The van der Waals surface area contributed by atoms with Gasteiger partial charge in [0.25, 0.3) is 11.9 Å². The van der Waals surface area contributed by atoms with Crippen molar-refractivity contribution in [3.05, 3.63) is 129 Å². The Bertz CT molecular complexity index is 1590. The third kappa shape index (κ3) is 17.2. The van der Waals surface area contributed by atoms with E-state index < -0.39 is 11.9 Å². The number of benzene rings is 2. The maximum atomic E-state index is 9.00. The molecule has 0 radical (unpaired) electrons. The van der Waals surface area contributed by atoms with Crippen molar-refractivity contribution in [3.8, 4) is 0 Å². The van der Waals surface area contributed by atoms with Crippen molar-refractivity contribution in [2.45, 2.75) is 106 Å². The van der Waals surface area contributed by atoms with E-state index in [9.17, 15) is 0 Å². The zero-order valence-corrected chi connectivity index (χ0v) is 34.7. The minimum absolute atomic E-state index is 0. The van der Waals surface area contributed by atoms with E-state index in [1.54, 1.807) is 12.4 Å². The van der Waals surface area contributed by atoms with Gasteiger partial charge >= 0.3 is 34.1 Å². The fraction of sp³-hybridized carbons (Fsp3) is 0.381. The van der Waals surface area contributed by atoms with Crippen LogP contribution in [0.3, 0.4) is 0 Å². The molecule has 298 valence electrons. The van der Waals surface area contributed by atoms with Crippen LogP contribution in [0.4, 0.5) is 11.4 Å². The Balaban J connectivity index is 0.00000255. The Morgan fingerprint density at radius 1 is 0.537 bits per heavy atom. The molecule has 10 nitrogen and oxygen atoms in total. The van der Waals surface area contributed by atoms with Gasteiger partial charge in [-0.05, 0) is 94.7 Å². The van der Waals surface area contributed by atoms with Gasteiger partial charge in [-0.25, -0.2) is 0 Å². The molecule has 4 rings (SSSR count). The second kappa shape index (κ2) is 25.6. The van der Waals surface area contributed by atoms with Crippen molar-refractivity contribution in [2.75, 3.05) is 0 Å². The summed E-state index contributed by atoms with van der Waals surface area (Å²) in [5.41, 5.74) is 8.31. The van der Waals surface area contributed by atoms with Crippen LogP contribution in [0.1, 0.15) is 127 Å². The van der Waals surface area contributed by atoms with Crippen LogP contribution in [0.5, 0.6) is 0 Å². The molecule has 2 N–H and O–H groups in total. The van der Waals surface area contributed by atoms with E-state index in [0.29, 0.717) is 24.8 Å². The van der Waals surface area contributed by atoms with E-state index >= 15 is 0 Å². The van der Waals surface area contributed by atoms with Gasteiger partial charge in [0.1, 0.15) is 0 Å². The first-order valence-electron chi connectivity index (χ1n) is 17.6. The zero-order chi connectivity index (χ0) is 38.8. The van der Waals surface area contributed by atoms with Crippen LogP contribution >= 0.6 is 0 Å². The molecule has 0 saturated heterocycles. The molecule has 12 heteroatoms. The smallest absolute Gasteiger partial charge is 0.481 e. The van der Waals surface area contributed by atoms with Gasteiger partial charge in [0.05, 0.1) is 0 Å². The maximum Gasteiger partial charge on any atom is 1.00 e. The van der Waals surface area contributed by atoms with E-state index in [0.717, 1.165) is 36.6 Å². The number of nitrogens with zero attached hydrogens (tertiary/aromatic N) is 6. The molecule has 0 bridgehead atoms. The number of hydrogen-bond donors (Lipinski definition) is 2. The number of para-hydroxylation sites is 2. The third-order valence-electron chi connectivity index (χ3n) is 7.55. The van der Waals surface area contributed by atoms with Crippen LogP contribution in [-0.4, -0.2) is 43.8 Å². The number of carboxylic acids is 2. The quantitative estimate of drug-likeness (QED) is 0.0921. The Morgan fingerprint density at radius 2 is 0.815 bits per heavy atom. The average molecular weight is 834 g/mol. The molecule has 0 atom stereocenters. The Morgan fingerprint density at radius 3 is 1.04 bits per heavy atom. The minimum atomic E-state index is -0.833. The summed E-state index contributed by atoms with van der Waals surface area (Å²) >= 11 is 0. The number of hydrogen-bond acceptors (Lipinski definition) is 6. The van der Waals surface area contributed by atoms with Crippen LogP contribution < -0.4 is 0 Å². The normalized spacial score (nSPS) is 11.1. The molecule has 2 aromatic heterocycles. The van der Waals surface area contributed by atoms with Crippen LogP contribution in [0.2, 0.25) is 0 Å². The number of aromatic nitrogens is 2. The number of rotatable bonds is 10. The number of amidine groups is 2. The van der Waals surface area contributed by atoms with Gasteiger partial charge in [-0.3, -0.25) is 19.6 Å².